The Bertz CT molecular complexity index is 233. The van der Waals surface area contributed by atoms with Crippen molar-refractivity contribution in [3.05, 3.63) is 0 Å². The monoisotopic (exact) mass is 214 g/mol. The second-order valence-electron chi connectivity index (χ2n) is 4.09. The molecule has 0 saturated heterocycles. The molecule has 0 spiro atoms. The molecule has 6 heteroatoms. The van der Waals surface area contributed by atoms with E-state index in [-0.39, 0.29) is 6.61 Å². The minimum atomic E-state index is -1.01. The third-order valence-electron chi connectivity index (χ3n) is 1.50. The van der Waals surface area contributed by atoms with Crippen LogP contribution >= 0.6 is 0 Å². The molecule has 84 valence electrons. The van der Waals surface area contributed by atoms with Crippen molar-refractivity contribution in [3.63, 3.8) is 0 Å². The van der Waals surface area contributed by atoms with E-state index in [1.807, 2.05) is 0 Å². The highest BCUT2D eigenvalue weighted by Crippen LogP contribution is 2.15. The number of aliphatic hydroxyl groups is 1. The fourth-order valence-electron chi connectivity index (χ4n) is 0.673. The van der Waals surface area contributed by atoms with Gasteiger partial charge in [0.1, 0.15) is 6.61 Å². The smallest absolute Gasteiger partial charge is 0.311 e. The molecule has 0 heterocycles. The fourth-order valence-corrected chi connectivity index (χ4v) is 0.673. The first-order valence-electron chi connectivity index (χ1n) is 4.51. The van der Waals surface area contributed by atoms with Crippen LogP contribution in [0.3, 0.4) is 0 Å². The molecule has 0 saturated carbocycles. The van der Waals surface area contributed by atoms with Gasteiger partial charge in [0.25, 0.3) is 0 Å². The lowest BCUT2D eigenvalue weighted by Crippen LogP contribution is -2.31. The van der Waals surface area contributed by atoms with Gasteiger partial charge in [-0.05, 0) is 20.8 Å². The van der Waals surface area contributed by atoms with Crippen LogP contribution in [0.5, 0.6) is 0 Å². The number of esters is 1. The maximum absolute atomic E-state index is 11.3. The first-order valence-corrected chi connectivity index (χ1v) is 4.51. The molecule has 0 aromatic carbocycles. The second kappa shape index (κ2) is 5.75. The zero-order valence-electron chi connectivity index (χ0n) is 9.15. The summed E-state index contributed by atoms with van der Waals surface area (Å²) in [5, 5.41) is 8.77. The van der Waals surface area contributed by atoms with Crippen LogP contribution in [-0.2, 0) is 14.3 Å². The highest BCUT2D eigenvalue weighted by atomic mass is 16.6. The first-order chi connectivity index (χ1) is 6.77. The van der Waals surface area contributed by atoms with Crippen LogP contribution in [0.15, 0.2) is 0 Å². The van der Waals surface area contributed by atoms with Gasteiger partial charge >= 0.3 is 5.97 Å². The minimum Gasteiger partial charge on any atom is -0.465 e. The summed E-state index contributed by atoms with van der Waals surface area (Å²) in [5.41, 5.74) is -0.632. The van der Waals surface area contributed by atoms with Gasteiger partial charge in [-0.25, -0.2) is 0 Å². The molecule has 0 aromatic rings. The zero-order valence-corrected chi connectivity index (χ0v) is 9.15. The van der Waals surface area contributed by atoms with Gasteiger partial charge in [0.15, 0.2) is 6.10 Å². The number of ether oxygens (including phenoxy) is 2. The molecule has 0 bridgehead atoms. The van der Waals surface area contributed by atoms with E-state index >= 15 is 0 Å². The summed E-state index contributed by atoms with van der Waals surface area (Å²) in [6.45, 7) is 4.44. The fraction of sp³-hybridized carbons (Fsp3) is 0.778. The topological polar surface area (TPSA) is 72.8 Å². The largest absolute Gasteiger partial charge is 0.465 e. The van der Waals surface area contributed by atoms with Gasteiger partial charge < -0.3 is 14.6 Å². The molecule has 0 rings (SSSR count). The Morgan fingerprint density at radius 2 is 1.93 bits per heavy atom. The molecule has 0 amide bonds. The van der Waals surface area contributed by atoms with Crippen molar-refractivity contribution in [3.8, 4) is 0 Å². The van der Waals surface area contributed by atoms with Gasteiger partial charge in [-0.2, -0.15) is 0 Å². The SMILES string of the molecule is [B]C(=O)OC(CO)COC(=O)C(C)(C)C. The van der Waals surface area contributed by atoms with Crippen molar-refractivity contribution < 1.29 is 24.2 Å². The molecule has 5 nitrogen and oxygen atoms in total. The van der Waals surface area contributed by atoms with Crippen molar-refractivity contribution in [2.75, 3.05) is 13.2 Å². The lowest BCUT2D eigenvalue weighted by Gasteiger charge is -2.19. The Labute approximate surface area is 90.2 Å². The molecule has 0 fully saturated rings. The number of carbonyl (C=O) groups is 2. The van der Waals surface area contributed by atoms with Gasteiger partial charge in [0, 0.05) is 0 Å². The molecule has 0 aliphatic rings. The highest BCUT2D eigenvalue weighted by molar-refractivity contribution is 6.55. The van der Waals surface area contributed by atoms with Crippen LogP contribution in [0, 0.1) is 5.41 Å². The Morgan fingerprint density at radius 1 is 1.40 bits per heavy atom. The summed E-state index contributed by atoms with van der Waals surface area (Å²) in [7, 11) is 4.75. The van der Waals surface area contributed by atoms with Gasteiger partial charge in [0.2, 0.25) is 13.7 Å². The Hall–Kier alpha value is -1.04. The van der Waals surface area contributed by atoms with Crippen LogP contribution in [0.25, 0.3) is 0 Å². The third-order valence-corrected chi connectivity index (χ3v) is 1.50. The number of carbonyl (C=O) groups excluding carboxylic acids is 2. The molecular formula is C9H15BO5. The van der Waals surface area contributed by atoms with Crippen molar-refractivity contribution in [1.82, 2.24) is 0 Å². The summed E-state index contributed by atoms with van der Waals surface area (Å²) >= 11 is 0. The number of aliphatic hydroxyl groups excluding tert-OH is 1. The summed E-state index contributed by atoms with van der Waals surface area (Å²) in [4.78, 5) is 21.7. The summed E-state index contributed by atoms with van der Waals surface area (Å²) in [5.74, 6) is -1.45. The van der Waals surface area contributed by atoms with E-state index in [1.54, 1.807) is 20.8 Å². The van der Waals surface area contributed by atoms with Gasteiger partial charge in [0.05, 0.1) is 12.0 Å². The van der Waals surface area contributed by atoms with Crippen molar-refractivity contribution >= 4 is 19.7 Å². The van der Waals surface area contributed by atoms with E-state index in [2.05, 4.69) is 4.74 Å². The third kappa shape index (κ3) is 6.12. The maximum Gasteiger partial charge on any atom is 0.311 e. The van der Waals surface area contributed by atoms with Crippen LogP contribution in [0.2, 0.25) is 0 Å². The van der Waals surface area contributed by atoms with E-state index in [0.29, 0.717) is 0 Å². The lowest BCUT2D eigenvalue weighted by molar-refractivity contribution is -0.156. The Morgan fingerprint density at radius 3 is 2.27 bits per heavy atom. The van der Waals surface area contributed by atoms with Crippen LogP contribution in [-0.4, -0.2) is 44.1 Å². The first kappa shape index (κ1) is 14.0. The number of hydrogen-bond acceptors (Lipinski definition) is 5. The average molecular weight is 214 g/mol. The summed E-state index contributed by atoms with van der Waals surface area (Å²) < 4.78 is 9.30. The van der Waals surface area contributed by atoms with Crippen LogP contribution in [0.4, 0.5) is 4.79 Å². The molecule has 1 atom stereocenters. The Kier molecular flexibility index (Phi) is 5.35. The minimum absolute atomic E-state index is 0.199. The summed E-state index contributed by atoms with van der Waals surface area (Å²) in [6.07, 6.45) is -0.909. The van der Waals surface area contributed by atoms with Crippen molar-refractivity contribution in [2.45, 2.75) is 26.9 Å². The second-order valence-corrected chi connectivity index (χ2v) is 4.09. The average Bonchev–Trinajstić information content (AvgIpc) is 2.09. The van der Waals surface area contributed by atoms with Crippen LogP contribution < -0.4 is 0 Å². The maximum atomic E-state index is 11.3. The quantitative estimate of drug-likeness (QED) is 0.536. The molecule has 1 unspecified atom stereocenters. The molecular weight excluding hydrogens is 199 g/mol. The van der Waals surface area contributed by atoms with E-state index < -0.39 is 30.0 Å². The van der Waals surface area contributed by atoms with E-state index in [0.717, 1.165) is 0 Å². The number of hydrogen-bond donors (Lipinski definition) is 1. The molecule has 1 N–H and O–H groups in total. The predicted octanol–water partition coefficient (Wildman–Crippen LogP) is 0.242. The predicted molar refractivity (Wildman–Crippen MR) is 53.5 cm³/mol. The van der Waals surface area contributed by atoms with Gasteiger partial charge in [-0.3, -0.25) is 9.59 Å². The molecule has 0 aliphatic heterocycles. The van der Waals surface area contributed by atoms with Crippen LogP contribution in [0.1, 0.15) is 20.8 Å². The standard InChI is InChI=1S/C9H15BO5/c1-9(2,3)7(12)14-5-6(4-11)15-8(10)13/h6,11H,4-5H2,1-3H3. The molecule has 0 aliphatic carbocycles. The number of rotatable bonds is 4. The lowest BCUT2D eigenvalue weighted by atomic mass is 9.97. The normalized spacial score (nSPS) is 13.1. The molecule has 15 heavy (non-hydrogen) atoms. The van der Waals surface area contributed by atoms with E-state index in [4.69, 9.17) is 17.7 Å². The Balaban J connectivity index is 4.01. The van der Waals surface area contributed by atoms with Crippen molar-refractivity contribution in [2.24, 2.45) is 5.41 Å². The van der Waals surface area contributed by atoms with E-state index in [9.17, 15) is 9.59 Å². The van der Waals surface area contributed by atoms with E-state index in [1.165, 1.54) is 0 Å². The van der Waals surface area contributed by atoms with Gasteiger partial charge in [-0.1, -0.05) is 0 Å². The van der Waals surface area contributed by atoms with Gasteiger partial charge in [-0.15, -0.1) is 0 Å². The molecule has 0 aromatic heterocycles. The molecule has 2 radical (unpaired) electrons. The van der Waals surface area contributed by atoms with Crippen molar-refractivity contribution in [1.29, 1.82) is 0 Å². The highest BCUT2D eigenvalue weighted by Gasteiger charge is 2.24. The zero-order chi connectivity index (χ0) is 12.1. The summed E-state index contributed by atoms with van der Waals surface area (Å²) in [6, 6.07) is 0.